The van der Waals surface area contributed by atoms with Gasteiger partial charge in [-0.2, -0.15) is 5.10 Å². The minimum absolute atomic E-state index is 0.230. The van der Waals surface area contributed by atoms with Gasteiger partial charge in [-0.05, 0) is 44.8 Å². The zero-order valence-corrected chi connectivity index (χ0v) is 13.0. The van der Waals surface area contributed by atoms with Crippen molar-refractivity contribution < 1.29 is 9.90 Å². The summed E-state index contributed by atoms with van der Waals surface area (Å²) >= 11 is 0. The number of aromatic carboxylic acids is 1. The summed E-state index contributed by atoms with van der Waals surface area (Å²) in [6.45, 7) is 5.92. The van der Waals surface area contributed by atoms with Crippen LogP contribution in [0, 0.1) is 0 Å². The Morgan fingerprint density at radius 1 is 1.38 bits per heavy atom. The van der Waals surface area contributed by atoms with Crippen LogP contribution in [0.15, 0.2) is 0 Å². The van der Waals surface area contributed by atoms with E-state index < -0.39 is 5.97 Å². The maximum Gasteiger partial charge on any atom is 0.339 e. The van der Waals surface area contributed by atoms with E-state index in [1.807, 2.05) is 13.8 Å². The second-order valence-electron chi connectivity index (χ2n) is 5.61. The Bertz CT molecular complexity index is 519. The smallest absolute Gasteiger partial charge is 0.339 e. The maximum atomic E-state index is 11.7. The average molecular weight is 292 g/mol. The summed E-state index contributed by atoms with van der Waals surface area (Å²) in [7, 11) is 2.08. The Morgan fingerprint density at radius 2 is 2.14 bits per heavy atom. The first-order valence-electron chi connectivity index (χ1n) is 7.63. The predicted octanol–water partition coefficient (Wildman–Crippen LogP) is 1.81. The molecule has 2 rings (SSSR count). The van der Waals surface area contributed by atoms with Crippen molar-refractivity contribution in [2.45, 2.75) is 45.6 Å². The Labute approximate surface area is 125 Å². The highest BCUT2D eigenvalue weighted by atomic mass is 16.4. The van der Waals surface area contributed by atoms with Crippen molar-refractivity contribution in [3.05, 3.63) is 16.8 Å². The van der Waals surface area contributed by atoms with Gasteiger partial charge >= 0.3 is 5.97 Å². The summed E-state index contributed by atoms with van der Waals surface area (Å²) < 4.78 is 0. The molecule has 1 aliphatic heterocycles. The Balaban J connectivity index is 2.32. The molecule has 6 nitrogen and oxygen atoms in total. The number of carboxylic acid groups (broad SMARTS) is 1. The van der Waals surface area contributed by atoms with Gasteiger partial charge in [-0.1, -0.05) is 13.8 Å². The molecule has 1 atom stereocenters. The number of carboxylic acids is 1. The molecular weight excluding hydrogens is 268 g/mol. The number of aromatic nitrogens is 2. The molecule has 1 aromatic heterocycles. The fourth-order valence-corrected chi connectivity index (χ4v) is 2.98. The van der Waals surface area contributed by atoms with Gasteiger partial charge in [0.15, 0.2) is 5.82 Å². The Morgan fingerprint density at radius 3 is 2.71 bits per heavy atom. The molecule has 2 N–H and O–H groups in total. The fraction of sp³-hybridized carbons (Fsp3) is 0.667. The number of hydrogen-bond donors (Lipinski definition) is 2. The number of anilines is 1. The third-order valence-corrected chi connectivity index (χ3v) is 4.03. The van der Waals surface area contributed by atoms with Gasteiger partial charge in [-0.15, -0.1) is 5.10 Å². The lowest BCUT2D eigenvalue weighted by Gasteiger charge is -2.30. The van der Waals surface area contributed by atoms with Crippen molar-refractivity contribution in [2.24, 2.45) is 0 Å². The van der Waals surface area contributed by atoms with E-state index >= 15 is 0 Å². The summed E-state index contributed by atoms with van der Waals surface area (Å²) in [5.41, 5.74) is 1.87. The van der Waals surface area contributed by atoms with Crippen molar-refractivity contribution in [2.75, 3.05) is 25.5 Å². The molecular formula is C15H24N4O2. The Kier molecular flexibility index (Phi) is 5.12. The SMILES string of the molecule is CCc1nnc(NC2CCCN(C)C2)c(C(=O)O)c1CC. The zero-order chi connectivity index (χ0) is 15.4. The minimum atomic E-state index is -0.928. The molecule has 1 fully saturated rings. The van der Waals surface area contributed by atoms with Gasteiger partial charge in [0.25, 0.3) is 0 Å². The summed E-state index contributed by atoms with van der Waals surface area (Å²) in [4.78, 5) is 13.9. The van der Waals surface area contributed by atoms with Crippen molar-refractivity contribution in [1.82, 2.24) is 15.1 Å². The van der Waals surface area contributed by atoms with Crippen LogP contribution in [0.3, 0.4) is 0 Å². The molecule has 1 saturated heterocycles. The van der Waals surface area contributed by atoms with E-state index in [1.165, 1.54) is 0 Å². The van der Waals surface area contributed by atoms with Crippen LogP contribution in [0.5, 0.6) is 0 Å². The van der Waals surface area contributed by atoms with Gasteiger partial charge in [0, 0.05) is 12.6 Å². The minimum Gasteiger partial charge on any atom is -0.478 e. The van der Waals surface area contributed by atoms with E-state index in [0.29, 0.717) is 18.7 Å². The van der Waals surface area contributed by atoms with Crippen molar-refractivity contribution in [3.8, 4) is 0 Å². The average Bonchev–Trinajstić information content (AvgIpc) is 2.46. The van der Waals surface area contributed by atoms with E-state index in [9.17, 15) is 9.90 Å². The molecule has 0 saturated carbocycles. The quantitative estimate of drug-likeness (QED) is 0.861. The molecule has 0 radical (unpaired) electrons. The van der Waals surface area contributed by atoms with Gasteiger partial charge in [0.2, 0.25) is 0 Å². The van der Waals surface area contributed by atoms with Gasteiger partial charge in [0.1, 0.15) is 5.56 Å². The van der Waals surface area contributed by atoms with Crippen LogP contribution >= 0.6 is 0 Å². The maximum absolute atomic E-state index is 11.7. The summed E-state index contributed by atoms with van der Waals surface area (Å²) in [6.07, 6.45) is 3.49. The topological polar surface area (TPSA) is 78.4 Å². The number of aryl methyl sites for hydroxylation is 1. The first-order valence-corrected chi connectivity index (χ1v) is 7.63. The van der Waals surface area contributed by atoms with Crippen LogP contribution in [-0.4, -0.2) is 52.4 Å². The van der Waals surface area contributed by atoms with E-state index in [0.717, 1.165) is 37.2 Å². The highest BCUT2D eigenvalue weighted by molar-refractivity contribution is 5.95. The number of nitrogens with one attached hydrogen (secondary N) is 1. The molecule has 2 heterocycles. The van der Waals surface area contributed by atoms with Crippen LogP contribution in [0.25, 0.3) is 0 Å². The number of rotatable bonds is 5. The molecule has 1 aromatic rings. The molecule has 0 aliphatic carbocycles. The van der Waals surface area contributed by atoms with Crippen molar-refractivity contribution in [1.29, 1.82) is 0 Å². The number of likely N-dealkylation sites (N-methyl/N-ethyl adjacent to an activating group) is 1. The lowest BCUT2D eigenvalue weighted by molar-refractivity contribution is 0.0696. The molecule has 0 spiro atoms. The molecule has 0 aromatic carbocycles. The van der Waals surface area contributed by atoms with Crippen molar-refractivity contribution >= 4 is 11.8 Å². The van der Waals surface area contributed by atoms with E-state index in [-0.39, 0.29) is 11.6 Å². The highest BCUT2D eigenvalue weighted by Crippen LogP contribution is 2.23. The van der Waals surface area contributed by atoms with E-state index in [1.54, 1.807) is 0 Å². The lowest BCUT2D eigenvalue weighted by atomic mass is 10.0. The van der Waals surface area contributed by atoms with Crippen molar-refractivity contribution in [3.63, 3.8) is 0 Å². The summed E-state index contributed by atoms with van der Waals surface area (Å²) in [5, 5.41) is 21.2. The van der Waals surface area contributed by atoms with Gasteiger partial charge in [-0.25, -0.2) is 4.79 Å². The first kappa shape index (κ1) is 15.7. The molecule has 1 unspecified atom stereocenters. The van der Waals surface area contributed by atoms with Crippen LogP contribution in [0.4, 0.5) is 5.82 Å². The van der Waals surface area contributed by atoms with Gasteiger partial charge < -0.3 is 15.3 Å². The predicted molar refractivity (Wildman–Crippen MR) is 81.9 cm³/mol. The number of likely N-dealkylation sites (tertiary alicyclic amines) is 1. The second-order valence-corrected chi connectivity index (χ2v) is 5.61. The first-order chi connectivity index (χ1) is 10.1. The van der Waals surface area contributed by atoms with Crippen LogP contribution < -0.4 is 5.32 Å². The molecule has 116 valence electrons. The zero-order valence-electron chi connectivity index (χ0n) is 13.0. The van der Waals surface area contributed by atoms with Gasteiger partial charge in [-0.3, -0.25) is 0 Å². The van der Waals surface area contributed by atoms with E-state index in [4.69, 9.17) is 0 Å². The van der Waals surface area contributed by atoms with Crippen LogP contribution in [0.1, 0.15) is 48.3 Å². The normalized spacial score (nSPS) is 19.5. The summed E-state index contributed by atoms with van der Waals surface area (Å²) in [5.74, 6) is -0.514. The third-order valence-electron chi connectivity index (χ3n) is 4.03. The fourth-order valence-electron chi connectivity index (χ4n) is 2.98. The monoisotopic (exact) mass is 292 g/mol. The third kappa shape index (κ3) is 3.50. The highest BCUT2D eigenvalue weighted by Gasteiger charge is 2.24. The number of carbonyl (C=O) groups is 1. The van der Waals surface area contributed by atoms with Crippen LogP contribution in [0.2, 0.25) is 0 Å². The molecule has 21 heavy (non-hydrogen) atoms. The molecule has 0 amide bonds. The number of piperidine rings is 1. The Hall–Kier alpha value is -1.69. The van der Waals surface area contributed by atoms with E-state index in [2.05, 4.69) is 27.5 Å². The molecule has 0 bridgehead atoms. The lowest BCUT2D eigenvalue weighted by Crippen LogP contribution is -2.40. The number of nitrogens with zero attached hydrogens (tertiary/aromatic N) is 3. The summed E-state index contributed by atoms with van der Waals surface area (Å²) in [6, 6.07) is 0.230. The second kappa shape index (κ2) is 6.85. The van der Waals surface area contributed by atoms with Crippen LogP contribution in [-0.2, 0) is 12.8 Å². The standard InChI is InChI=1S/C15H24N4O2/c1-4-11-12(5-2)17-18-14(13(11)15(20)21)16-10-7-6-8-19(3)9-10/h10H,4-9H2,1-3H3,(H,16,18)(H,20,21). The number of hydrogen-bond acceptors (Lipinski definition) is 5. The molecule has 1 aliphatic rings. The largest absolute Gasteiger partial charge is 0.478 e. The molecule has 6 heteroatoms. The van der Waals surface area contributed by atoms with Gasteiger partial charge in [0.05, 0.1) is 5.69 Å².